The van der Waals surface area contributed by atoms with Crippen molar-refractivity contribution in [2.45, 2.75) is 6.54 Å². The summed E-state index contributed by atoms with van der Waals surface area (Å²) >= 11 is 0. The molecule has 1 N–H and O–H groups in total. The number of carbonyl (C=O) groups is 1. The van der Waals surface area contributed by atoms with E-state index in [-0.39, 0.29) is 5.91 Å². The molecule has 104 valence electrons. The maximum absolute atomic E-state index is 12.0. The predicted molar refractivity (Wildman–Crippen MR) is 78.1 cm³/mol. The fourth-order valence-electron chi connectivity index (χ4n) is 2.01. The average Bonchev–Trinajstić information content (AvgIpc) is 2.96. The topological polar surface area (TPSA) is 50.8 Å². The molecule has 1 aromatic heterocycles. The lowest BCUT2D eigenvalue weighted by Crippen LogP contribution is -2.46. The first-order valence-corrected chi connectivity index (χ1v) is 6.65. The summed E-state index contributed by atoms with van der Waals surface area (Å²) in [4.78, 5) is 12.0. The lowest BCUT2D eigenvalue weighted by molar-refractivity contribution is -0.642. The molecule has 0 radical (unpaired) electrons. The van der Waals surface area contributed by atoms with Crippen molar-refractivity contribution in [2.75, 3.05) is 5.43 Å². The average molecular weight is 279 g/mol. The molecular formula is C16H15N4O+. The number of aromatic nitrogens is 3. The smallest absolute Gasteiger partial charge is 0.266 e. The van der Waals surface area contributed by atoms with Crippen LogP contribution in [0.15, 0.2) is 73.3 Å². The Morgan fingerprint density at radius 1 is 1.05 bits per heavy atom. The highest BCUT2D eigenvalue weighted by molar-refractivity contribution is 5.98. The van der Waals surface area contributed by atoms with Gasteiger partial charge in [-0.2, -0.15) is 0 Å². The van der Waals surface area contributed by atoms with Gasteiger partial charge in [-0.3, -0.25) is 4.79 Å². The maximum Gasteiger partial charge on any atom is 0.287 e. The second-order valence-corrected chi connectivity index (χ2v) is 4.64. The second kappa shape index (κ2) is 6.00. The number of rotatable bonds is 4. The first kappa shape index (κ1) is 13.1. The molecule has 5 heteroatoms. The van der Waals surface area contributed by atoms with Crippen molar-refractivity contribution < 1.29 is 9.47 Å². The van der Waals surface area contributed by atoms with Crippen LogP contribution in [0.5, 0.6) is 0 Å². The van der Waals surface area contributed by atoms with Crippen LogP contribution in [0, 0.1) is 0 Å². The molecule has 0 bridgehead atoms. The number of hydrogen-bond acceptors (Lipinski definition) is 2. The largest absolute Gasteiger partial charge is 0.287 e. The molecule has 0 atom stereocenters. The Labute approximate surface area is 122 Å². The van der Waals surface area contributed by atoms with E-state index in [2.05, 4.69) is 10.5 Å². The number of amides is 1. The van der Waals surface area contributed by atoms with Gasteiger partial charge in [0.1, 0.15) is 6.54 Å². The van der Waals surface area contributed by atoms with Crippen molar-refractivity contribution in [3.05, 3.63) is 84.4 Å². The minimum absolute atomic E-state index is 0.167. The summed E-state index contributed by atoms with van der Waals surface area (Å²) in [6, 6.07) is 19.1. The van der Waals surface area contributed by atoms with E-state index in [9.17, 15) is 4.79 Å². The van der Waals surface area contributed by atoms with Crippen LogP contribution < -0.4 is 10.1 Å². The Bertz CT molecular complexity index is 722. The van der Waals surface area contributed by atoms with Gasteiger partial charge in [0, 0.05) is 10.7 Å². The molecule has 0 aliphatic heterocycles. The predicted octanol–water partition coefficient (Wildman–Crippen LogP) is 1.60. The van der Waals surface area contributed by atoms with Gasteiger partial charge < -0.3 is 0 Å². The SMILES string of the molecule is O=C(N[n+]1cnn(Cc2ccccc2)c1)c1ccccc1. The van der Waals surface area contributed by atoms with Gasteiger partial charge in [0.15, 0.2) is 0 Å². The van der Waals surface area contributed by atoms with Crippen LogP contribution in [0.1, 0.15) is 15.9 Å². The molecule has 1 amide bonds. The fraction of sp³-hybridized carbons (Fsp3) is 0.0625. The zero-order valence-electron chi connectivity index (χ0n) is 11.4. The van der Waals surface area contributed by atoms with E-state index >= 15 is 0 Å². The molecule has 0 saturated heterocycles. The van der Waals surface area contributed by atoms with Crippen LogP contribution >= 0.6 is 0 Å². The monoisotopic (exact) mass is 279 g/mol. The number of carbonyl (C=O) groups excluding carboxylic acids is 1. The van der Waals surface area contributed by atoms with Gasteiger partial charge in [-0.1, -0.05) is 48.5 Å². The third-order valence-electron chi connectivity index (χ3n) is 3.04. The van der Waals surface area contributed by atoms with Crippen molar-refractivity contribution in [1.29, 1.82) is 0 Å². The Morgan fingerprint density at radius 3 is 2.43 bits per heavy atom. The molecule has 5 nitrogen and oxygen atoms in total. The van der Waals surface area contributed by atoms with Crippen LogP contribution in [0.4, 0.5) is 0 Å². The van der Waals surface area contributed by atoms with Crippen molar-refractivity contribution in [3.8, 4) is 0 Å². The van der Waals surface area contributed by atoms with Gasteiger partial charge in [0.2, 0.25) is 6.33 Å². The molecule has 3 aromatic rings. The van der Waals surface area contributed by atoms with Crippen LogP contribution in [0.25, 0.3) is 0 Å². The Balaban J connectivity index is 1.67. The highest BCUT2D eigenvalue weighted by Gasteiger charge is 2.10. The van der Waals surface area contributed by atoms with Crippen LogP contribution in [0.2, 0.25) is 0 Å². The van der Waals surface area contributed by atoms with Gasteiger partial charge in [-0.15, -0.1) is 9.36 Å². The molecular weight excluding hydrogens is 264 g/mol. The second-order valence-electron chi connectivity index (χ2n) is 4.64. The molecule has 0 aliphatic carbocycles. The molecule has 2 aromatic carbocycles. The molecule has 0 spiro atoms. The third-order valence-corrected chi connectivity index (χ3v) is 3.04. The van der Waals surface area contributed by atoms with Crippen LogP contribution in [-0.4, -0.2) is 15.7 Å². The van der Waals surface area contributed by atoms with E-state index in [1.165, 1.54) is 0 Å². The standard InChI is InChI=1S/C16H14N4O/c21-16(15-9-5-2-6-10-15)18-20-12-17-19(13-20)11-14-7-3-1-4-8-14/h1-10,12-13H,11H2/p+1. The van der Waals surface area contributed by atoms with E-state index in [0.717, 1.165) is 5.56 Å². The van der Waals surface area contributed by atoms with Crippen LogP contribution in [0.3, 0.4) is 0 Å². The van der Waals surface area contributed by atoms with Gasteiger partial charge in [0.25, 0.3) is 12.2 Å². The van der Waals surface area contributed by atoms with E-state index in [1.54, 1.807) is 34.1 Å². The number of nitrogens with zero attached hydrogens (tertiary/aromatic N) is 3. The number of nitrogens with one attached hydrogen (secondary N) is 1. The van der Waals surface area contributed by atoms with Crippen molar-refractivity contribution in [1.82, 2.24) is 9.78 Å². The minimum Gasteiger partial charge on any atom is -0.266 e. The molecule has 0 fully saturated rings. The van der Waals surface area contributed by atoms with Crippen LogP contribution in [-0.2, 0) is 6.54 Å². The van der Waals surface area contributed by atoms with E-state index in [0.29, 0.717) is 12.1 Å². The fourth-order valence-corrected chi connectivity index (χ4v) is 2.01. The first-order valence-electron chi connectivity index (χ1n) is 6.65. The normalized spacial score (nSPS) is 10.3. The maximum atomic E-state index is 12.0. The summed E-state index contributed by atoms with van der Waals surface area (Å²) in [7, 11) is 0. The molecule has 0 saturated carbocycles. The van der Waals surface area contributed by atoms with Crippen molar-refractivity contribution >= 4 is 5.91 Å². The van der Waals surface area contributed by atoms with Gasteiger partial charge in [0.05, 0.1) is 0 Å². The van der Waals surface area contributed by atoms with E-state index in [1.807, 2.05) is 48.5 Å². The zero-order chi connectivity index (χ0) is 14.5. The summed E-state index contributed by atoms with van der Waals surface area (Å²) in [6.45, 7) is 0.662. The third kappa shape index (κ3) is 3.33. The number of benzene rings is 2. The summed E-state index contributed by atoms with van der Waals surface area (Å²) in [6.07, 6.45) is 3.32. The Kier molecular flexibility index (Phi) is 3.73. The lowest BCUT2D eigenvalue weighted by atomic mass is 10.2. The molecule has 1 heterocycles. The van der Waals surface area contributed by atoms with Gasteiger partial charge in [-0.05, 0) is 17.7 Å². The Hall–Kier alpha value is -2.95. The molecule has 0 aliphatic rings. The molecule has 3 rings (SSSR count). The van der Waals surface area contributed by atoms with E-state index in [4.69, 9.17) is 0 Å². The summed E-state index contributed by atoms with van der Waals surface area (Å²) in [5, 5.41) is 4.22. The molecule has 0 unspecified atom stereocenters. The summed E-state index contributed by atoms with van der Waals surface area (Å²) in [5.74, 6) is -0.167. The first-order chi connectivity index (χ1) is 10.3. The minimum atomic E-state index is -0.167. The van der Waals surface area contributed by atoms with E-state index < -0.39 is 0 Å². The van der Waals surface area contributed by atoms with Crippen molar-refractivity contribution in [2.24, 2.45) is 0 Å². The lowest BCUT2D eigenvalue weighted by Gasteiger charge is -2.00. The highest BCUT2D eigenvalue weighted by Crippen LogP contribution is 2.00. The molecule has 21 heavy (non-hydrogen) atoms. The van der Waals surface area contributed by atoms with Crippen molar-refractivity contribution in [3.63, 3.8) is 0 Å². The zero-order valence-corrected chi connectivity index (χ0v) is 11.4. The quantitative estimate of drug-likeness (QED) is 0.738. The number of hydrogen-bond donors (Lipinski definition) is 1. The summed E-state index contributed by atoms with van der Waals surface area (Å²) < 4.78 is 3.32. The summed E-state index contributed by atoms with van der Waals surface area (Å²) in [5.41, 5.74) is 4.53. The Morgan fingerprint density at radius 2 is 1.71 bits per heavy atom. The highest BCUT2D eigenvalue weighted by atomic mass is 16.2. The van der Waals surface area contributed by atoms with Gasteiger partial charge >= 0.3 is 0 Å². The van der Waals surface area contributed by atoms with Gasteiger partial charge in [-0.25, -0.2) is 5.43 Å².